The molecule has 0 saturated heterocycles. The molecule has 0 heterocycles. The van der Waals surface area contributed by atoms with Crippen molar-refractivity contribution >= 4 is 13.0 Å². The average molecular weight is 153 g/mol. The van der Waals surface area contributed by atoms with Crippen LogP contribution in [0.5, 0.6) is 0 Å². The SMILES string of the molecule is C=N/C=C\C(C=O)=C(/C)CO. The molecular weight excluding hydrogens is 142 g/mol. The Balaban J connectivity index is 4.50. The predicted molar refractivity (Wildman–Crippen MR) is 44.5 cm³/mol. The van der Waals surface area contributed by atoms with E-state index >= 15 is 0 Å². The molecule has 0 saturated carbocycles. The number of hydrogen-bond acceptors (Lipinski definition) is 3. The molecular formula is C8H11NO2. The van der Waals surface area contributed by atoms with Crippen LogP contribution in [0.3, 0.4) is 0 Å². The Hall–Kier alpha value is -1.22. The van der Waals surface area contributed by atoms with Crippen LogP contribution in [0.1, 0.15) is 6.92 Å². The number of carbonyl (C=O) groups is 1. The van der Waals surface area contributed by atoms with E-state index in [-0.39, 0.29) is 6.61 Å². The third-order valence-electron chi connectivity index (χ3n) is 1.22. The lowest BCUT2D eigenvalue weighted by Crippen LogP contribution is -1.91. The molecule has 0 aromatic heterocycles. The fourth-order valence-electron chi connectivity index (χ4n) is 0.506. The summed E-state index contributed by atoms with van der Waals surface area (Å²) in [6, 6.07) is 0. The van der Waals surface area contributed by atoms with Gasteiger partial charge in [-0.25, -0.2) is 0 Å². The van der Waals surface area contributed by atoms with Gasteiger partial charge in [-0.2, -0.15) is 0 Å². The summed E-state index contributed by atoms with van der Waals surface area (Å²) in [5, 5.41) is 8.64. The molecule has 1 N–H and O–H groups in total. The van der Waals surface area contributed by atoms with Gasteiger partial charge in [0, 0.05) is 11.8 Å². The first-order valence-electron chi connectivity index (χ1n) is 3.14. The Labute approximate surface area is 65.8 Å². The molecule has 0 aromatic carbocycles. The van der Waals surface area contributed by atoms with Crippen LogP contribution in [0, 0.1) is 0 Å². The second-order valence-corrected chi connectivity index (χ2v) is 2.01. The Morgan fingerprint density at radius 3 is 2.73 bits per heavy atom. The topological polar surface area (TPSA) is 49.7 Å². The molecule has 0 aromatic rings. The molecule has 0 radical (unpaired) electrons. The molecule has 0 amide bonds. The zero-order valence-corrected chi connectivity index (χ0v) is 6.45. The van der Waals surface area contributed by atoms with Crippen LogP contribution in [-0.4, -0.2) is 24.7 Å². The van der Waals surface area contributed by atoms with Gasteiger partial charge in [-0.05, 0) is 25.3 Å². The Morgan fingerprint density at radius 2 is 2.36 bits per heavy atom. The number of rotatable bonds is 4. The zero-order chi connectivity index (χ0) is 8.69. The number of nitrogens with zero attached hydrogens (tertiary/aromatic N) is 1. The Morgan fingerprint density at radius 1 is 1.73 bits per heavy atom. The van der Waals surface area contributed by atoms with Gasteiger partial charge in [0.2, 0.25) is 0 Å². The molecule has 0 aliphatic rings. The minimum atomic E-state index is -0.116. The predicted octanol–water partition coefficient (Wildman–Crippen LogP) is 0.708. The monoisotopic (exact) mass is 153 g/mol. The quantitative estimate of drug-likeness (QED) is 0.280. The summed E-state index contributed by atoms with van der Waals surface area (Å²) >= 11 is 0. The van der Waals surface area contributed by atoms with Crippen LogP contribution in [0.15, 0.2) is 28.4 Å². The highest BCUT2D eigenvalue weighted by atomic mass is 16.3. The molecule has 0 atom stereocenters. The van der Waals surface area contributed by atoms with Gasteiger partial charge in [-0.3, -0.25) is 9.79 Å². The summed E-state index contributed by atoms with van der Waals surface area (Å²) in [4.78, 5) is 13.8. The number of aliphatic imine (C=N–C) groups is 1. The fourth-order valence-corrected chi connectivity index (χ4v) is 0.506. The van der Waals surface area contributed by atoms with Crippen LogP contribution < -0.4 is 0 Å². The summed E-state index contributed by atoms with van der Waals surface area (Å²) < 4.78 is 0. The Kier molecular flexibility index (Phi) is 4.94. The number of aliphatic hydroxyl groups excluding tert-OH is 1. The summed E-state index contributed by atoms with van der Waals surface area (Å²) in [5.41, 5.74) is 1.07. The smallest absolute Gasteiger partial charge is 0.150 e. The van der Waals surface area contributed by atoms with Gasteiger partial charge in [0.25, 0.3) is 0 Å². The molecule has 0 fully saturated rings. The number of aliphatic hydroxyl groups is 1. The van der Waals surface area contributed by atoms with Crippen molar-refractivity contribution in [2.24, 2.45) is 4.99 Å². The molecule has 3 nitrogen and oxygen atoms in total. The first-order valence-corrected chi connectivity index (χ1v) is 3.14. The van der Waals surface area contributed by atoms with Gasteiger partial charge < -0.3 is 5.11 Å². The van der Waals surface area contributed by atoms with Crippen LogP contribution in [0.25, 0.3) is 0 Å². The van der Waals surface area contributed by atoms with E-state index in [1.165, 1.54) is 12.3 Å². The van der Waals surface area contributed by atoms with Crippen molar-refractivity contribution < 1.29 is 9.90 Å². The fraction of sp³-hybridized carbons (Fsp3) is 0.250. The maximum absolute atomic E-state index is 10.3. The number of hydrogen-bond donors (Lipinski definition) is 1. The van der Waals surface area contributed by atoms with E-state index in [0.29, 0.717) is 17.4 Å². The van der Waals surface area contributed by atoms with Crippen molar-refractivity contribution in [2.75, 3.05) is 6.61 Å². The maximum Gasteiger partial charge on any atom is 0.150 e. The third-order valence-corrected chi connectivity index (χ3v) is 1.22. The molecule has 0 spiro atoms. The van der Waals surface area contributed by atoms with E-state index in [4.69, 9.17) is 5.11 Å². The summed E-state index contributed by atoms with van der Waals surface area (Å²) in [6.45, 7) is 4.78. The summed E-state index contributed by atoms with van der Waals surface area (Å²) in [6.07, 6.45) is 3.58. The van der Waals surface area contributed by atoms with Crippen molar-refractivity contribution in [1.82, 2.24) is 0 Å². The Bertz CT molecular complexity index is 204. The molecule has 3 heteroatoms. The van der Waals surface area contributed by atoms with E-state index in [1.54, 1.807) is 6.92 Å². The van der Waals surface area contributed by atoms with Gasteiger partial charge in [0.05, 0.1) is 6.61 Å². The van der Waals surface area contributed by atoms with Crippen molar-refractivity contribution in [1.29, 1.82) is 0 Å². The molecule has 0 aliphatic heterocycles. The van der Waals surface area contributed by atoms with E-state index < -0.39 is 0 Å². The minimum absolute atomic E-state index is 0.116. The highest BCUT2D eigenvalue weighted by Gasteiger charge is 1.94. The van der Waals surface area contributed by atoms with Gasteiger partial charge in [0.15, 0.2) is 0 Å². The van der Waals surface area contributed by atoms with Crippen LogP contribution in [-0.2, 0) is 4.79 Å². The van der Waals surface area contributed by atoms with Crippen molar-refractivity contribution in [3.05, 3.63) is 23.4 Å². The van der Waals surface area contributed by atoms with Crippen molar-refractivity contribution in [3.8, 4) is 0 Å². The molecule has 0 bridgehead atoms. The summed E-state index contributed by atoms with van der Waals surface area (Å²) in [5.74, 6) is 0. The normalized spacial score (nSPS) is 12.9. The van der Waals surface area contributed by atoms with Gasteiger partial charge in [-0.15, -0.1) is 0 Å². The van der Waals surface area contributed by atoms with Crippen LogP contribution in [0.4, 0.5) is 0 Å². The first kappa shape index (κ1) is 9.78. The van der Waals surface area contributed by atoms with E-state index in [1.807, 2.05) is 0 Å². The molecule has 60 valence electrons. The molecule has 0 unspecified atom stereocenters. The highest BCUT2D eigenvalue weighted by Crippen LogP contribution is 2.01. The van der Waals surface area contributed by atoms with E-state index in [0.717, 1.165) is 0 Å². The first-order chi connectivity index (χ1) is 5.26. The molecule has 0 rings (SSSR count). The summed E-state index contributed by atoms with van der Waals surface area (Å²) in [7, 11) is 0. The largest absolute Gasteiger partial charge is 0.392 e. The zero-order valence-electron chi connectivity index (χ0n) is 6.45. The average Bonchev–Trinajstić information content (AvgIpc) is 2.05. The second-order valence-electron chi connectivity index (χ2n) is 2.01. The highest BCUT2D eigenvalue weighted by molar-refractivity contribution is 5.78. The van der Waals surface area contributed by atoms with E-state index in [9.17, 15) is 4.79 Å². The molecule has 11 heavy (non-hydrogen) atoms. The second kappa shape index (κ2) is 5.56. The van der Waals surface area contributed by atoms with Gasteiger partial charge in [0.1, 0.15) is 6.29 Å². The van der Waals surface area contributed by atoms with Crippen LogP contribution in [0.2, 0.25) is 0 Å². The number of aldehydes is 1. The lowest BCUT2D eigenvalue weighted by molar-refractivity contribution is -0.104. The van der Waals surface area contributed by atoms with Crippen LogP contribution >= 0.6 is 0 Å². The standard InChI is InChI=1S/C8H11NO2/c1-7(5-10)8(6-11)3-4-9-2/h3-4,6,10H,2,5H2,1H3/b4-3-,8-7-. The minimum Gasteiger partial charge on any atom is -0.392 e. The van der Waals surface area contributed by atoms with E-state index in [2.05, 4.69) is 11.7 Å². The lowest BCUT2D eigenvalue weighted by Gasteiger charge is -1.95. The van der Waals surface area contributed by atoms with Crippen molar-refractivity contribution in [2.45, 2.75) is 6.92 Å². The van der Waals surface area contributed by atoms with Gasteiger partial charge in [-0.1, -0.05) is 0 Å². The third kappa shape index (κ3) is 3.47. The number of allylic oxidation sites excluding steroid dienone is 2. The lowest BCUT2D eigenvalue weighted by atomic mass is 10.1. The van der Waals surface area contributed by atoms with Crippen molar-refractivity contribution in [3.63, 3.8) is 0 Å². The maximum atomic E-state index is 10.3. The molecule has 0 aliphatic carbocycles. The van der Waals surface area contributed by atoms with Gasteiger partial charge >= 0.3 is 0 Å². The number of carbonyl (C=O) groups excluding carboxylic acids is 1.